The minimum Gasteiger partial charge on any atom is -0.378 e. The van der Waals surface area contributed by atoms with Gasteiger partial charge in [-0.2, -0.15) is 13.2 Å². The smallest absolute Gasteiger partial charge is 0.378 e. The topological polar surface area (TPSA) is 81.7 Å². The number of nitrogens with zero attached hydrogens (tertiary/aromatic N) is 1. The molecule has 1 aliphatic rings. The molecule has 2 aromatic carbocycles. The molecule has 1 heterocycles. The molecule has 6 nitrogen and oxygen atoms in total. The van der Waals surface area contributed by atoms with Crippen LogP contribution >= 0.6 is 0 Å². The van der Waals surface area contributed by atoms with Gasteiger partial charge in [-0.15, -0.1) is 0 Å². The molecule has 2 amide bonds. The maximum Gasteiger partial charge on any atom is 0.437 e. The Morgan fingerprint density at radius 2 is 1.66 bits per heavy atom. The van der Waals surface area contributed by atoms with Gasteiger partial charge in [-0.05, 0) is 17.7 Å². The zero-order valence-electron chi connectivity index (χ0n) is 15.7. The molecule has 9 heteroatoms. The highest BCUT2D eigenvalue weighted by atomic mass is 19.4. The summed E-state index contributed by atoms with van der Waals surface area (Å²) in [6, 6.07) is 11.1. The monoisotopic (exact) mass is 407 g/mol. The number of carbonyl (C=O) groups excluding carboxylic acids is 2. The van der Waals surface area contributed by atoms with E-state index in [4.69, 9.17) is 0 Å². The van der Waals surface area contributed by atoms with Gasteiger partial charge in [-0.3, -0.25) is 4.79 Å². The Balaban J connectivity index is 2.13. The van der Waals surface area contributed by atoms with Crippen LogP contribution in [0.4, 0.5) is 23.7 Å². The van der Waals surface area contributed by atoms with Gasteiger partial charge in [0.25, 0.3) is 0 Å². The Labute approximate surface area is 165 Å². The molecule has 3 atom stereocenters. The number of hydrogen-bond acceptors (Lipinski definition) is 4. The van der Waals surface area contributed by atoms with Gasteiger partial charge in [0, 0.05) is 25.3 Å². The Kier molecular flexibility index (Phi) is 5.27. The van der Waals surface area contributed by atoms with Crippen molar-refractivity contribution in [3.63, 3.8) is 0 Å². The Morgan fingerprint density at radius 3 is 2.17 bits per heavy atom. The van der Waals surface area contributed by atoms with E-state index in [-0.39, 0.29) is 11.1 Å². The molecule has 154 valence electrons. The molecule has 0 saturated carbocycles. The minimum absolute atomic E-state index is 0.00645. The van der Waals surface area contributed by atoms with Crippen LogP contribution in [0, 0.1) is 5.92 Å². The summed E-state index contributed by atoms with van der Waals surface area (Å²) in [7, 11) is 3.59. The third-order valence-electron chi connectivity index (χ3n) is 4.92. The van der Waals surface area contributed by atoms with Crippen LogP contribution in [0.2, 0.25) is 0 Å². The summed E-state index contributed by atoms with van der Waals surface area (Å²) in [5.74, 6) is -2.98. The van der Waals surface area contributed by atoms with E-state index < -0.39 is 35.7 Å². The van der Waals surface area contributed by atoms with E-state index in [0.717, 1.165) is 5.69 Å². The number of urea groups is 1. The minimum atomic E-state index is -5.28. The normalized spacial score (nSPS) is 24.4. The standard InChI is InChI=1S/C20H20F3N3O3/c1-26(2)14-10-8-12(9-11-14)16-15(17(27)13-6-4-3-5-7-13)19(29,20(21,22)23)25-18(28)24-16/h3-11,15-16,29H,1-2H3,(H2,24,25,28)/t15-,16+,19-/m1/s1. The maximum atomic E-state index is 13.8. The van der Waals surface area contributed by atoms with Gasteiger partial charge in [-0.25, -0.2) is 4.79 Å². The van der Waals surface area contributed by atoms with Crippen LogP contribution in [0.1, 0.15) is 22.0 Å². The number of hydrogen-bond donors (Lipinski definition) is 3. The number of nitrogens with one attached hydrogen (secondary N) is 2. The van der Waals surface area contributed by atoms with Gasteiger partial charge in [0.2, 0.25) is 5.72 Å². The first-order valence-electron chi connectivity index (χ1n) is 8.79. The van der Waals surface area contributed by atoms with Crippen LogP contribution in [-0.2, 0) is 0 Å². The van der Waals surface area contributed by atoms with Crippen molar-refractivity contribution in [2.45, 2.75) is 17.9 Å². The molecule has 0 aromatic heterocycles. The first-order valence-corrected chi connectivity index (χ1v) is 8.79. The van der Waals surface area contributed by atoms with E-state index in [1.165, 1.54) is 41.7 Å². The molecule has 0 radical (unpaired) electrons. The predicted octanol–water partition coefficient (Wildman–Crippen LogP) is 2.86. The van der Waals surface area contributed by atoms with Crippen LogP contribution in [0.5, 0.6) is 0 Å². The molecule has 2 aromatic rings. The van der Waals surface area contributed by atoms with Crippen LogP contribution in [0.3, 0.4) is 0 Å². The van der Waals surface area contributed by atoms with Crippen molar-refractivity contribution < 1.29 is 27.9 Å². The van der Waals surface area contributed by atoms with Crippen LogP contribution in [0.25, 0.3) is 0 Å². The number of aliphatic hydroxyl groups is 1. The van der Waals surface area contributed by atoms with Crippen molar-refractivity contribution in [3.05, 3.63) is 65.7 Å². The number of Topliss-reactive ketones (excluding diaryl/α,β-unsaturated/α-hetero) is 1. The maximum absolute atomic E-state index is 13.8. The average molecular weight is 407 g/mol. The molecule has 0 unspecified atom stereocenters. The van der Waals surface area contributed by atoms with Crippen LogP contribution in [0.15, 0.2) is 54.6 Å². The van der Waals surface area contributed by atoms with Gasteiger partial charge < -0.3 is 20.6 Å². The second-order valence-electron chi connectivity index (χ2n) is 7.03. The number of ketones is 1. The summed E-state index contributed by atoms with van der Waals surface area (Å²) < 4.78 is 41.5. The third kappa shape index (κ3) is 3.77. The second kappa shape index (κ2) is 7.40. The number of alkyl halides is 3. The van der Waals surface area contributed by atoms with Crippen molar-refractivity contribution in [1.82, 2.24) is 10.6 Å². The summed E-state index contributed by atoms with van der Waals surface area (Å²) in [5.41, 5.74) is -2.69. The van der Waals surface area contributed by atoms with E-state index in [1.807, 2.05) is 0 Å². The van der Waals surface area contributed by atoms with Crippen molar-refractivity contribution in [2.75, 3.05) is 19.0 Å². The lowest BCUT2D eigenvalue weighted by Gasteiger charge is -2.45. The molecule has 3 rings (SSSR count). The molecule has 0 aliphatic carbocycles. The number of rotatable bonds is 4. The molecule has 1 saturated heterocycles. The first-order chi connectivity index (χ1) is 13.5. The highest BCUT2D eigenvalue weighted by molar-refractivity contribution is 6.00. The summed E-state index contributed by atoms with van der Waals surface area (Å²) in [4.78, 5) is 26.9. The van der Waals surface area contributed by atoms with Crippen molar-refractivity contribution >= 4 is 17.5 Å². The van der Waals surface area contributed by atoms with Gasteiger partial charge in [0.15, 0.2) is 5.78 Å². The largest absolute Gasteiger partial charge is 0.437 e. The highest BCUT2D eigenvalue weighted by Crippen LogP contribution is 2.44. The number of halogens is 3. The van der Waals surface area contributed by atoms with Crippen molar-refractivity contribution in [1.29, 1.82) is 0 Å². The number of benzene rings is 2. The van der Waals surface area contributed by atoms with E-state index in [9.17, 15) is 27.9 Å². The SMILES string of the molecule is CN(C)c1ccc([C@@H]2NC(=O)N[C@](O)(C(F)(F)F)[C@H]2C(=O)c2ccccc2)cc1. The van der Waals surface area contributed by atoms with Crippen LogP contribution < -0.4 is 15.5 Å². The Bertz CT molecular complexity index is 901. The average Bonchev–Trinajstić information content (AvgIpc) is 2.67. The zero-order chi connectivity index (χ0) is 21.4. The molecule has 0 bridgehead atoms. The fraction of sp³-hybridized carbons (Fsp3) is 0.300. The Morgan fingerprint density at radius 1 is 1.07 bits per heavy atom. The molecule has 1 fully saturated rings. The zero-order valence-corrected chi connectivity index (χ0v) is 15.7. The summed E-state index contributed by atoms with van der Waals surface area (Å²) in [6.07, 6.45) is -5.28. The molecular formula is C20H20F3N3O3. The van der Waals surface area contributed by atoms with Gasteiger partial charge in [0.1, 0.15) is 5.92 Å². The lowest BCUT2D eigenvalue weighted by molar-refractivity contribution is -0.287. The summed E-state index contributed by atoms with van der Waals surface area (Å²) in [6.45, 7) is 0. The van der Waals surface area contributed by atoms with Gasteiger partial charge >= 0.3 is 12.2 Å². The van der Waals surface area contributed by atoms with E-state index in [1.54, 1.807) is 37.2 Å². The lowest BCUT2D eigenvalue weighted by Crippen LogP contribution is -2.72. The van der Waals surface area contributed by atoms with E-state index in [0.29, 0.717) is 0 Å². The summed E-state index contributed by atoms with van der Waals surface area (Å²) >= 11 is 0. The molecular weight excluding hydrogens is 387 g/mol. The molecule has 3 N–H and O–H groups in total. The van der Waals surface area contributed by atoms with E-state index >= 15 is 0 Å². The molecule has 1 aliphatic heterocycles. The first kappa shape index (κ1) is 20.7. The van der Waals surface area contributed by atoms with Crippen molar-refractivity contribution in [2.24, 2.45) is 5.92 Å². The molecule has 29 heavy (non-hydrogen) atoms. The number of anilines is 1. The van der Waals surface area contributed by atoms with Gasteiger partial charge in [-0.1, -0.05) is 42.5 Å². The fourth-order valence-corrected chi connectivity index (χ4v) is 3.38. The molecule has 0 spiro atoms. The summed E-state index contributed by atoms with van der Waals surface area (Å²) in [5, 5.41) is 14.4. The lowest BCUT2D eigenvalue weighted by atomic mass is 9.77. The van der Waals surface area contributed by atoms with Crippen molar-refractivity contribution in [3.8, 4) is 0 Å². The number of amides is 2. The quantitative estimate of drug-likeness (QED) is 0.681. The van der Waals surface area contributed by atoms with E-state index in [2.05, 4.69) is 5.32 Å². The number of carbonyl (C=O) groups is 2. The van der Waals surface area contributed by atoms with Crippen LogP contribution in [-0.4, -0.2) is 42.9 Å². The third-order valence-corrected chi connectivity index (χ3v) is 4.92. The Hall–Kier alpha value is -3.07. The highest BCUT2D eigenvalue weighted by Gasteiger charge is 2.66. The predicted molar refractivity (Wildman–Crippen MR) is 100 cm³/mol. The fourth-order valence-electron chi connectivity index (χ4n) is 3.38. The van der Waals surface area contributed by atoms with Gasteiger partial charge in [0.05, 0.1) is 6.04 Å². The second-order valence-corrected chi connectivity index (χ2v) is 7.03.